The molecule has 0 unspecified atom stereocenters. The fraction of sp³-hybridized carbons (Fsp3) is 0.409. The Kier molecular flexibility index (Phi) is 7.51. The number of nitro groups is 2. The van der Waals surface area contributed by atoms with E-state index in [2.05, 4.69) is 28.6 Å². The van der Waals surface area contributed by atoms with Gasteiger partial charge in [-0.2, -0.15) is 0 Å². The predicted molar refractivity (Wildman–Crippen MR) is 116 cm³/mol. The smallest absolute Gasteiger partial charge is 0.276 e. The molecule has 0 N–H and O–H groups in total. The largest absolute Gasteiger partial charge is 0.370 e. The molecule has 3 rings (SSSR count). The van der Waals surface area contributed by atoms with E-state index >= 15 is 0 Å². The summed E-state index contributed by atoms with van der Waals surface area (Å²) in [5.74, 6) is 6.33. The van der Waals surface area contributed by atoms with Gasteiger partial charge in [0.25, 0.3) is 11.4 Å². The summed E-state index contributed by atoms with van der Waals surface area (Å²) in [7, 11) is 0. The second-order valence-corrected chi connectivity index (χ2v) is 7.40. The van der Waals surface area contributed by atoms with Crippen LogP contribution in [0.2, 0.25) is 0 Å². The van der Waals surface area contributed by atoms with Crippen molar-refractivity contribution in [2.24, 2.45) is 0 Å². The molecule has 1 aliphatic rings. The minimum Gasteiger partial charge on any atom is -0.370 e. The third-order valence-electron chi connectivity index (χ3n) is 4.94. The summed E-state index contributed by atoms with van der Waals surface area (Å²) >= 11 is 0. The number of nitro benzene ring substituents is 2. The van der Waals surface area contributed by atoms with Crippen LogP contribution < -0.4 is 4.90 Å². The van der Waals surface area contributed by atoms with Crippen LogP contribution in [-0.4, -0.2) is 34.0 Å². The zero-order chi connectivity index (χ0) is 22.2. The quantitative estimate of drug-likeness (QED) is 0.256. The number of nitrogens with zero attached hydrogens (tertiary/aromatic N) is 4. The molecule has 9 heteroatoms. The van der Waals surface area contributed by atoms with Crippen molar-refractivity contribution in [3.63, 3.8) is 0 Å². The molecule has 0 amide bonds. The van der Waals surface area contributed by atoms with Crippen molar-refractivity contribution in [2.45, 2.75) is 45.3 Å². The molecular formula is C22H24N4O5. The summed E-state index contributed by atoms with van der Waals surface area (Å²) in [6.45, 7) is 3.53. The Labute approximate surface area is 180 Å². The van der Waals surface area contributed by atoms with Gasteiger partial charge in [-0.25, -0.2) is 0 Å². The van der Waals surface area contributed by atoms with E-state index in [9.17, 15) is 20.2 Å². The van der Waals surface area contributed by atoms with Crippen molar-refractivity contribution in [2.75, 3.05) is 18.0 Å². The van der Waals surface area contributed by atoms with Crippen LogP contribution in [0.15, 0.2) is 36.7 Å². The highest BCUT2D eigenvalue weighted by atomic mass is 16.6. The molecule has 0 spiro atoms. The summed E-state index contributed by atoms with van der Waals surface area (Å²) in [5, 5.41) is 22.0. The van der Waals surface area contributed by atoms with E-state index in [1.54, 1.807) is 12.4 Å². The highest BCUT2D eigenvalue weighted by molar-refractivity contribution is 5.52. The highest BCUT2D eigenvalue weighted by Crippen LogP contribution is 2.26. The van der Waals surface area contributed by atoms with Gasteiger partial charge in [0.05, 0.1) is 40.5 Å². The van der Waals surface area contributed by atoms with Gasteiger partial charge in [-0.1, -0.05) is 31.6 Å². The molecule has 0 bridgehead atoms. The van der Waals surface area contributed by atoms with E-state index in [0.717, 1.165) is 30.2 Å². The monoisotopic (exact) mass is 424 g/mol. The van der Waals surface area contributed by atoms with Gasteiger partial charge in [0.2, 0.25) is 0 Å². The first-order chi connectivity index (χ1) is 15.0. The van der Waals surface area contributed by atoms with Crippen LogP contribution >= 0.6 is 0 Å². The number of anilines is 1. The second kappa shape index (κ2) is 10.5. The van der Waals surface area contributed by atoms with Gasteiger partial charge in [-0.15, -0.1) is 0 Å². The molecule has 1 aromatic heterocycles. The molecule has 1 aromatic carbocycles. The Hall–Kier alpha value is -3.51. The van der Waals surface area contributed by atoms with Gasteiger partial charge in [-0.05, 0) is 18.1 Å². The zero-order valence-electron chi connectivity index (χ0n) is 17.3. The van der Waals surface area contributed by atoms with Gasteiger partial charge in [0.15, 0.2) is 0 Å². The third-order valence-corrected chi connectivity index (χ3v) is 4.94. The Morgan fingerprint density at radius 1 is 1.10 bits per heavy atom. The summed E-state index contributed by atoms with van der Waals surface area (Å²) in [4.78, 5) is 27.1. The highest BCUT2D eigenvalue weighted by Gasteiger charge is 2.28. The Bertz CT molecular complexity index is 976. The Morgan fingerprint density at radius 2 is 1.81 bits per heavy atom. The van der Waals surface area contributed by atoms with Crippen molar-refractivity contribution in [1.82, 2.24) is 4.98 Å². The predicted octanol–water partition coefficient (Wildman–Crippen LogP) is 4.24. The van der Waals surface area contributed by atoms with Gasteiger partial charge >= 0.3 is 0 Å². The number of aromatic nitrogens is 1. The van der Waals surface area contributed by atoms with E-state index in [0.29, 0.717) is 18.7 Å². The second-order valence-electron chi connectivity index (χ2n) is 7.40. The van der Waals surface area contributed by atoms with Crippen molar-refractivity contribution in [3.8, 4) is 11.8 Å². The van der Waals surface area contributed by atoms with E-state index in [1.807, 2.05) is 6.07 Å². The molecule has 0 saturated carbocycles. The van der Waals surface area contributed by atoms with Crippen LogP contribution in [0.25, 0.3) is 0 Å². The maximum atomic E-state index is 11.0. The number of pyridine rings is 1. The molecule has 2 heterocycles. The maximum Gasteiger partial charge on any atom is 0.276 e. The number of rotatable bonds is 9. The van der Waals surface area contributed by atoms with Gasteiger partial charge < -0.3 is 9.64 Å². The van der Waals surface area contributed by atoms with Crippen LogP contribution in [0, 0.1) is 32.1 Å². The molecular weight excluding hydrogens is 400 g/mol. The SMILES string of the molecule is CCCCCC#Cc1cncc(N2CC(OCc3cc([N+](=O)[O-])cc([N+](=O)[O-])c3)C2)c1. The normalized spacial score (nSPS) is 13.3. The molecule has 1 saturated heterocycles. The molecule has 0 radical (unpaired) electrons. The molecule has 0 aliphatic carbocycles. The lowest BCUT2D eigenvalue weighted by Crippen LogP contribution is -2.52. The van der Waals surface area contributed by atoms with Crippen LogP contribution in [0.1, 0.15) is 43.7 Å². The Balaban J connectivity index is 1.53. The van der Waals surface area contributed by atoms with Crippen molar-refractivity contribution in [3.05, 3.63) is 68.0 Å². The van der Waals surface area contributed by atoms with Crippen molar-refractivity contribution in [1.29, 1.82) is 0 Å². The van der Waals surface area contributed by atoms with Gasteiger partial charge in [0.1, 0.15) is 0 Å². The molecule has 31 heavy (non-hydrogen) atoms. The van der Waals surface area contributed by atoms with Crippen molar-refractivity contribution >= 4 is 17.1 Å². The third kappa shape index (κ3) is 6.23. The topological polar surface area (TPSA) is 112 Å². The number of unbranched alkanes of at least 4 members (excludes halogenated alkanes) is 3. The molecule has 9 nitrogen and oxygen atoms in total. The van der Waals surface area contributed by atoms with E-state index in [1.165, 1.54) is 25.0 Å². The first kappa shape index (κ1) is 22.2. The lowest BCUT2D eigenvalue weighted by Gasteiger charge is -2.40. The fourth-order valence-electron chi connectivity index (χ4n) is 3.22. The number of benzene rings is 1. The van der Waals surface area contributed by atoms with Gasteiger partial charge in [0, 0.05) is 43.4 Å². The lowest BCUT2D eigenvalue weighted by atomic mass is 10.1. The summed E-state index contributed by atoms with van der Waals surface area (Å²) in [6.07, 6.45) is 7.81. The van der Waals surface area contributed by atoms with Crippen molar-refractivity contribution < 1.29 is 14.6 Å². The fourth-order valence-corrected chi connectivity index (χ4v) is 3.22. The van der Waals surface area contributed by atoms with Crippen LogP contribution in [0.5, 0.6) is 0 Å². The molecule has 0 atom stereocenters. The number of ether oxygens (including phenoxy) is 1. The molecule has 2 aromatic rings. The number of hydrogen-bond acceptors (Lipinski definition) is 7. The number of non-ortho nitro benzene ring substituents is 2. The summed E-state index contributed by atoms with van der Waals surface area (Å²) < 4.78 is 5.78. The number of hydrogen-bond donors (Lipinski definition) is 0. The summed E-state index contributed by atoms with van der Waals surface area (Å²) in [5.41, 5.74) is 1.61. The van der Waals surface area contributed by atoms with Crippen LogP contribution in [-0.2, 0) is 11.3 Å². The molecule has 162 valence electrons. The first-order valence-electron chi connectivity index (χ1n) is 10.2. The molecule has 1 aliphatic heterocycles. The standard InChI is InChI=1S/C22H24N4O5/c1-2-3-4-5-6-7-17-8-21(13-23-12-17)24-14-22(15-24)31-16-18-9-19(25(27)28)11-20(10-18)26(29)30/h8-13,22H,2-5,14-16H2,1H3. The minimum absolute atomic E-state index is 0.0675. The Morgan fingerprint density at radius 3 is 2.45 bits per heavy atom. The van der Waals surface area contributed by atoms with E-state index in [-0.39, 0.29) is 24.1 Å². The van der Waals surface area contributed by atoms with E-state index < -0.39 is 9.85 Å². The average Bonchev–Trinajstić information content (AvgIpc) is 2.72. The molecule has 1 fully saturated rings. The van der Waals surface area contributed by atoms with Crippen LogP contribution in [0.4, 0.5) is 17.1 Å². The minimum atomic E-state index is -0.645. The first-order valence-corrected chi connectivity index (χ1v) is 10.2. The lowest BCUT2D eigenvalue weighted by molar-refractivity contribution is -0.394. The maximum absolute atomic E-state index is 11.0. The van der Waals surface area contributed by atoms with Gasteiger partial charge in [-0.3, -0.25) is 25.2 Å². The zero-order valence-corrected chi connectivity index (χ0v) is 17.3. The van der Waals surface area contributed by atoms with Crippen LogP contribution in [0.3, 0.4) is 0 Å². The summed E-state index contributed by atoms with van der Waals surface area (Å²) in [6, 6.07) is 5.55. The average molecular weight is 424 g/mol. The van der Waals surface area contributed by atoms with E-state index in [4.69, 9.17) is 4.74 Å².